The highest BCUT2D eigenvalue weighted by Gasteiger charge is 2.08. The minimum absolute atomic E-state index is 0.564. The molecule has 0 unspecified atom stereocenters. The van der Waals surface area contributed by atoms with E-state index in [4.69, 9.17) is 11.0 Å². The van der Waals surface area contributed by atoms with E-state index in [1.807, 2.05) is 37.4 Å². The van der Waals surface area contributed by atoms with Crippen molar-refractivity contribution in [2.45, 2.75) is 6.92 Å². The van der Waals surface area contributed by atoms with Crippen LogP contribution in [0.4, 0.5) is 5.69 Å². The lowest BCUT2D eigenvalue weighted by Crippen LogP contribution is -2.00. The lowest BCUT2D eigenvalue weighted by atomic mass is 10.1. The minimum Gasteiger partial charge on any atom is -0.398 e. The number of anilines is 1. The summed E-state index contributed by atoms with van der Waals surface area (Å²) in [7, 11) is 0. The van der Waals surface area contributed by atoms with Gasteiger partial charge in [-0.05, 0) is 19.1 Å². The van der Waals surface area contributed by atoms with Crippen molar-refractivity contribution < 1.29 is 0 Å². The van der Waals surface area contributed by atoms with Crippen molar-refractivity contribution in [3.63, 3.8) is 0 Å². The van der Waals surface area contributed by atoms with Gasteiger partial charge in [-0.3, -0.25) is 0 Å². The zero-order valence-corrected chi connectivity index (χ0v) is 11.5. The Morgan fingerprint density at radius 2 is 2.05 bits per heavy atom. The van der Waals surface area contributed by atoms with Crippen LogP contribution in [0.25, 0.3) is 16.9 Å². The molecular formula is C16H13N5. The topological polar surface area (TPSA) is 80.5 Å². The Morgan fingerprint density at radius 3 is 2.81 bits per heavy atom. The average Bonchev–Trinajstić information content (AvgIpc) is 2.96. The van der Waals surface area contributed by atoms with Crippen molar-refractivity contribution in [1.82, 2.24) is 14.8 Å². The molecule has 5 nitrogen and oxygen atoms in total. The van der Waals surface area contributed by atoms with E-state index in [2.05, 4.69) is 16.2 Å². The molecule has 2 aromatic heterocycles. The Bertz CT molecular complexity index is 842. The van der Waals surface area contributed by atoms with Crippen molar-refractivity contribution in [3.05, 3.63) is 60.0 Å². The van der Waals surface area contributed by atoms with E-state index in [0.29, 0.717) is 17.1 Å². The van der Waals surface area contributed by atoms with Gasteiger partial charge in [0.05, 0.1) is 17.8 Å². The van der Waals surface area contributed by atoms with Crippen molar-refractivity contribution >= 4 is 5.69 Å². The molecule has 0 amide bonds. The smallest absolute Gasteiger partial charge is 0.154 e. The van der Waals surface area contributed by atoms with E-state index in [-0.39, 0.29) is 0 Å². The summed E-state index contributed by atoms with van der Waals surface area (Å²) in [4.78, 5) is 4.40. The van der Waals surface area contributed by atoms with Gasteiger partial charge in [0.25, 0.3) is 0 Å². The van der Waals surface area contributed by atoms with Crippen molar-refractivity contribution in [3.8, 4) is 23.0 Å². The largest absolute Gasteiger partial charge is 0.398 e. The van der Waals surface area contributed by atoms with E-state index in [0.717, 1.165) is 16.8 Å². The van der Waals surface area contributed by atoms with Crippen LogP contribution in [-0.4, -0.2) is 14.8 Å². The second-order valence-electron chi connectivity index (χ2n) is 4.73. The van der Waals surface area contributed by atoms with Crippen LogP contribution in [0, 0.1) is 18.3 Å². The molecule has 0 radical (unpaired) electrons. The zero-order chi connectivity index (χ0) is 14.8. The Labute approximate surface area is 122 Å². The number of rotatable bonds is 2. The van der Waals surface area contributed by atoms with Crippen LogP contribution in [0.2, 0.25) is 0 Å². The lowest BCUT2D eigenvalue weighted by molar-refractivity contribution is 0.840. The Morgan fingerprint density at radius 1 is 1.24 bits per heavy atom. The highest BCUT2D eigenvalue weighted by Crippen LogP contribution is 2.25. The third-order valence-corrected chi connectivity index (χ3v) is 3.16. The van der Waals surface area contributed by atoms with E-state index >= 15 is 0 Å². The van der Waals surface area contributed by atoms with Crippen molar-refractivity contribution in [2.75, 3.05) is 5.73 Å². The van der Waals surface area contributed by atoms with Crippen LogP contribution in [0.1, 0.15) is 11.3 Å². The molecule has 0 bridgehead atoms. The normalized spacial score (nSPS) is 10.3. The average molecular weight is 275 g/mol. The minimum atomic E-state index is 0.564. The number of aromatic nitrogens is 3. The quantitative estimate of drug-likeness (QED) is 0.729. The summed E-state index contributed by atoms with van der Waals surface area (Å²) in [5.74, 6) is 0.618. The second kappa shape index (κ2) is 5.10. The van der Waals surface area contributed by atoms with E-state index in [1.54, 1.807) is 23.0 Å². The van der Waals surface area contributed by atoms with Crippen LogP contribution < -0.4 is 5.73 Å². The van der Waals surface area contributed by atoms with Gasteiger partial charge in [0, 0.05) is 34.8 Å². The Kier molecular flexibility index (Phi) is 3.13. The number of hydrogen-bond donors (Lipinski definition) is 1. The maximum absolute atomic E-state index is 9.03. The van der Waals surface area contributed by atoms with E-state index in [1.165, 1.54) is 0 Å². The second-order valence-corrected chi connectivity index (χ2v) is 4.73. The first-order valence-electron chi connectivity index (χ1n) is 6.46. The summed E-state index contributed by atoms with van der Waals surface area (Å²) >= 11 is 0. The standard InChI is InChI=1S/C16H13N5/c1-11-6-12(8-17)7-16(20-11)21-10-13(9-19-21)14-4-2-3-5-15(14)18/h2-7,9-10H,18H2,1H3. The maximum Gasteiger partial charge on any atom is 0.154 e. The van der Waals surface area contributed by atoms with Gasteiger partial charge in [-0.1, -0.05) is 18.2 Å². The molecule has 1 aromatic carbocycles. The maximum atomic E-state index is 9.03. The fourth-order valence-electron chi connectivity index (χ4n) is 2.18. The molecule has 2 heterocycles. The van der Waals surface area contributed by atoms with Crippen LogP contribution in [0.3, 0.4) is 0 Å². The third kappa shape index (κ3) is 2.47. The number of benzene rings is 1. The summed E-state index contributed by atoms with van der Waals surface area (Å²) in [6, 6.07) is 13.2. The van der Waals surface area contributed by atoms with Crippen LogP contribution >= 0.6 is 0 Å². The summed E-state index contributed by atoms with van der Waals surface area (Å²) in [5.41, 5.74) is 9.86. The zero-order valence-electron chi connectivity index (χ0n) is 11.5. The molecule has 21 heavy (non-hydrogen) atoms. The fraction of sp³-hybridized carbons (Fsp3) is 0.0625. The number of aryl methyl sites for hydroxylation is 1. The first-order chi connectivity index (χ1) is 10.2. The molecule has 0 saturated heterocycles. The highest BCUT2D eigenvalue weighted by molar-refractivity contribution is 5.75. The molecule has 0 saturated carbocycles. The predicted octanol–water partition coefficient (Wildman–Crippen LogP) is 2.70. The number of nitrogens with zero attached hydrogens (tertiary/aromatic N) is 4. The number of nitrogens with two attached hydrogens (primary N) is 1. The first-order valence-corrected chi connectivity index (χ1v) is 6.46. The monoisotopic (exact) mass is 275 g/mol. The van der Waals surface area contributed by atoms with Gasteiger partial charge < -0.3 is 5.73 Å². The SMILES string of the molecule is Cc1cc(C#N)cc(-n2cc(-c3ccccc3N)cn2)n1. The summed E-state index contributed by atoms with van der Waals surface area (Å²) < 4.78 is 1.65. The summed E-state index contributed by atoms with van der Waals surface area (Å²) in [5, 5.41) is 13.3. The summed E-state index contributed by atoms with van der Waals surface area (Å²) in [6.45, 7) is 1.85. The van der Waals surface area contributed by atoms with Gasteiger partial charge in [-0.2, -0.15) is 10.4 Å². The molecule has 3 rings (SSSR count). The predicted molar refractivity (Wildman–Crippen MR) is 80.7 cm³/mol. The van der Waals surface area contributed by atoms with Crippen LogP contribution in [0.5, 0.6) is 0 Å². The van der Waals surface area contributed by atoms with Crippen LogP contribution in [-0.2, 0) is 0 Å². The van der Waals surface area contributed by atoms with Gasteiger partial charge in [0.2, 0.25) is 0 Å². The van der Waals surface area contributed by atoms with Gasteiger partial charge >= 0.3 is 0 Å². The van der Waals surface area contributed by atoms with Crippen LogP contribution in [0.15, 0.2) is 48.8 Å². The van der Waals surface area contributed by atoms with E-state index in [9.17, 15) is 0 Å². The van der Waals surface area contributed by atoms with Gasteiger partial charge in [-0.25, -0.2) is 9.67 Å². The molecule has 0 aliphatic carbocycles. The van der Waals surface area contributed by atoms with Gasteiger partial charge in [-0.15, -0.1) is 0 Å². The fourth-order valence-corrected chi connectivity index (χ4v) is 2.18. The highest BCUT2D eigenvalue weighted by atomic mass is 15.3. The molecule has 0 aliphatic heterocycles. The number of para-hydroxylation sites is 1. The van der Waals surface area contributed by atoms with Crippen molar-refractivity contribution in [1.29, 1.82) is 5.26 Å². The third-order valence-electron chi connectivity index (χ3n) is 3.16. The Balaban J connectivity index is 2.05. The number of nitrogen functional groups attached to an aromatic ring is 1. The molecule has 0 spiro atoms. The molecule has 0 fully saturated rings. The molecule has 5 heteroatoms. The molecule has 0 atom stereocenters. The molecule has 2 N–H and O–H groups in total. The van der Waals surface area contributed by atoms with E-state index < -0.39 is 0 Å². The molecule has 3 aromatic rings. The summed E-state index contributed by atoms with van der Waals surface area (Å²) in [6.07, 6.45) is 3.59. The molecule has 102 valence electrons. The van der Waals surface area contributed by atoms with Gasteiger partial charge in [0.1, 0.15) is 0 Å². The number of nitriles is 1. The van der Waals surface area contributed by atoms with Crippen molar-refractivity contribution in [2.24, 2.45) is 0 Å². The Hall–Kier alpha value is -3.13. The first kappa shape index (κ1) is 12.9. The van der Waals surface area contributed by atoms with Gasteiger partial charge in [0.15, 0.2) is 5.82 Å². The molecule has 0 aliphatic rings. The number of hydrogen-bond acceptors (Lipinski definition) is 4. The lowest BCUT2D eigenvalue weighted by Gasteiger charge is -2.03. The number of pyridine rings is 1. The molecular weight excluding hydrogens is 262 g/mol.